The van der Waals surface area contributed by atoms with Crippen LogP contribution in [0.3, 0.4) is 0 Å². The lowest BCUT2D eigenvalue weighted by molar-refractivity contribution is -0.0334. The van der Waals surface area contributed by atoms with Gasteiger partial charge < -0.3 is 24.8 Å². The number of rotatable bonds is 9. The van der Waals surface area contributed by atoms with Crippen LogP contribution in [0, 0.1) is 0 Å². The summed E-state index contributed by atoms with van der Waals surface area (Å²) in [4.78, 5) is 8.26. The second-order valence-corrected chi connectivity index (χ2v) is 8.41. The molecule has 1 aliphatic rings. The van der Waals surface area contributed by atoms with E-state index in [0.29, 0.717) is 13.2 Å². The molecule has 1 saturated heterocycles. The smallest absolute Gasteiger partial charge is 0.191 e. The van der Waals surface area contributed by atoms with E-state index in [9.17, 15) is 0 Å². The average Bonchev–Trinajstić information content (AvgIpc) is 3.31. The highest BCUT2D eigenvalue weighted by atomic mass is 32.1. The molecule has 8 heteroatoms. The number of nitrogens with zero attached hydrogens (tertiary/aromatic N) is 2. The van der Waals surface area contributed by atoms with E-state index < -0.39 is 0 Å². The number of guanidine groups is 1. The molecule has 0 amide bonds. The Labute approximate surface area is 189 Å². The van der Waals surface area contributed by atoms with E-state index in [1.165, 1.54) is 4.88 Å². The summed E-state index contributed by atoms with van der Waals surface area (Å²) in [6.07, 6.45) is 0.253. The van der Waals surface area contributed by atoms with Gasteiger partial charge in [0.25, 0.3) is 0 Å². The first kappa shape index (κ1) is 23.4. The molecule has 31 heavy (non-hydrogen) atoms. The number of ether oxygens (including phenoxy) is 3. The zero-order chi connectivity index (χ0) is 22.1. The normalized spacial score (nSPS) is 18.5. The van der Waals surface area contributed by atoms with Gasteiger partial charge in [0.2, 0.25) is 0 Å². The second-order valence-electron chi connectivity index (χ2n) is 7.43. The maximum absolute atomic E-state index is 5.74. The molecule has 7 nitrogen and oxygen atoms in total. The number of aliphatic imine (C=N–C) groups is 1. The zero-order valence-electron chi connectivity index (χ0n) is 18.9. The third-order valence-corrected chi connectivity index (χ3v) is 6.23. The van der Waals surface area contributed by atoms with Crippen LogP contribution in [0.1, 0.15) is 30.3 Å². The van der Waals surface area contributed by atoms with Crippen LogP contribution in [0.25, 0.3) is 0 Å². The maximum Gasteiger partial charge on any atom is 0.191 e. The summed E-state index contributed by atoms with van der Waals surface area (Å²) >= 11 is 1.80. The van der Waals surface area contributed by atoms with Gasteiger partial charge in [-0.1, -0.05) is 12.1 Å². The monoisotopic (exact) mass is 446 g/mol. The van der Waals surface area contributed by atoms with E-state index in [2.05, 4.69) is 45.0 Å². The van der Waals surface area contributed by atoms with Crippen LogP contribution in [-0.2, 0) is 11.3 Å². The molecule has 2 heterocycles. The van der Waals surface area contributed by atoms with Gasteiger partial charge in [0.15, 0.2) is 17.5 Å². The minimum atomic E-state index is 0.253. The Balaban J connectivity index is 1.60. The molecule has 2 N–H and O–H groups in total. The van der Waals surface area contributed by atoms with Gasteiger partial charge >= 0.3 is 0 Å². The molecule has 0 radical (unpaired) electrons. The highest BCUT2D eigenvalue weighted by Crippen LogP contribution is 2.28. The van der Waals surface area contributed by atoms with E-state index in [4.69, 9.17) is 14.2 Å². The van der Waals surface area contributed by atoms with E-state index in [1.54, 1.807) is 25.5 Å². The van der Waals surface area contributed by atoms with Gasteiger partial charge in [-0.05, 0) is 43.0 Å². The second kappa shape index (κ2) is 11.9. The molecule has 1 aliphatic heterocycles. The van der Waals surface area contributed by atoms with Crippen molar-refractivity contribution in [2.75, 3.05) is 47.0 Å². The van der Waals surface area contributed by atoms with Crippen molar-refractivity contribution < 1.29 is 14.2 Å². The van der Waals surface area contributed by atoms with Crippen molar-refractivity contribution >= 4 is 17.3 Å². The summed E-state index contributed by atoms with van der Waals surface area (Å²) in [5.41, 5.74) is 1.10. The van der Waals surface area contributed by atoms with Gasteiger partial charge in [-0.2, -0.15) is 0 Å². The highest BCUT2D eigenvalue weighted by molar-refractivity contribution is 7.10. The van der Waals surface area contributed by atoms with Gasteiger partial charge in [0, 0.05) is 38.1 Å². The molecule has 1 fully saturated rings. The topological polar surface area (TPSA) is 67.4 Å². The number of morpholine rings is 1. The molecule has 0 saturated carbocycles. The van der Waals surface area contributed by atoms with Gasteiger partial charge in [-0.25, -0.2) is 0 Å². The number of benzene rings is 1. The molecule has 3 rings (SSSR count). The van der Waals surface area contributed by atoms with Crippen molar-refractivity contribution in [2.24, 2.45) is 4.99 Å². The number of nitrogens with one attached hydrogen (secondary N) is 2. The molecule has 0 spiro atoms. The van der Waals surface area contributed by atoms with E-state index in [0.717, 1.165) is 49.3 Å². The van der Waals surface area contributed by atoms with E-state index in [-0.39, 0.29) is 12.1 Å². The lowest BCUT2D eigenvalue weighted by atomic mass is 10.1. The number of hydrogen-bond donors (Lipinski definition) is 2. The Morgan fingerprint density at radius 2 is 2.19 bits per heavy atom. The lowest BCUT2D eigenvalue weighted by Gasteiger charge is -2.37. The van der Waals surface area contributed by atoms with Gasteiger partial charge in [-0.15, -0.1) is 11.3 Å². The van der Waals surface area contributed by atoms with Crippen molar-refractivity contribution in [1.29, 1.82) is 0 Å². The zero-order valence-corrected chi connectivity index (χ0v) is 19.7. The molecule has 170 valence electrons. The van der Waals surface area contributed by atoms with Gasteiger partial charge in [0.1, 0.15) is 0 Å². The molecule has 2 unspecified atom stereocenters. The molecular weight excluding hydrogens is 412 g/mol. The fraction of sp³-hybridized carbons (Fsp3) is 0.522. The van der Waals surface area contributed by atoms with Gasteiger partial charge in [0.05, 0.1) is 32.5 Å². The summed E-state index contributed by atoms with van der Waals surface area (Å²) in [6.45, 7) is 8.76. The van der Waals surface area contributed by atoms with Crippen LogP contribution in [-0.4, -0.2) is 64.0 Å². The summed E-state index contributed by atoms with van der Waals surface area (Å²) in [6, 6.07) is 10.6. The standard InChI is InChI=1S/C23H34N4O3S/c1-5-29-21-13-18(8-9-20(21)28-4)14-25-23(24-3)26-15-19(22-7-6-12-31-22)27-10-11-30-17(2)16-27/h6-9,12-13,17,19H,5,10-11,14-16H2,1-4H3,(H2,24,25,26). The Hall–Kier alpha value is -2.29. The first-order chi connectivity index (χ1) is 15.1. The van der Waals surface area contributed by atoms with E-state index in [1.807, 2.05) is 25.1 Å². The van der Waals surface area contributed by atoms with E-state index >= 15 is 0 Å². The van der Waals surface area contributed by atoms with Gasteiger partial charge in [-0.3, -0.25) is 9.89 Å². The molecule has 1 aromatic carbocycles. The molecule has 1 aromatic heterocycles. The van der Waals surface area contributed by atoms with Crippen LogP contribution in [0.15, 0.2) is 40.7 Å². The molecule has 2 aromatic rings. The maximum atomic E-state index is 5.74. The number of hydrogen-bond acceptors (Lipinski definition) is 6. The van der Waals surface area contributed by atoms with Crippen LogP contribution >= 0.6 is 11.3 Å². The first-order valence-electron chi connectivity index (χ1n) is 10.8. The highest BCUT2D eigenvalue weighted by Gasteiger charge is 2.26. The quantitative estimate of drug-likeness (QED) is 0.455. The summed E-state index contributed by atoms with van der Waals surface area (Å²) in [5, 5.41) is 9.06. The van der Waals surface area contributed by atoms with Crippen molar-refractivity contribution in [2.45, 2.75) is 32.5 Å². The molecule has 2 atom stereocenters. The minimum absolute atomic E-state index is 0.253. The summed E-state index contributed by atoms with van der Waals surface area (Å²) < 4.78 is 16.8. The SMILES string of the molecule is CCOc1cc(CNC(=NC)NCC(c2cccs2)N2CCOC(C)C2)ccc1OC. The van der Waals surface area contributed by atoms with Crippen molar-refractivity contribution in [1.82, 2.24) is 15.5 Å². The third kappa shape index (κ3) is 6.59. The fourth-order valence-electron chi connectivity index (χ4n) is 3.72. The van der Waals surface area contributed by atoms with Crippen molar-refractivity contribution in [3.05, 3.63) is 46.2 Å². The molecule has 0 bridgehead atoms. The molecule has 0 aliphatic carbocycles. The first-order valence-corrected chi connectivity index (χ1v) is 11.7. The van der Waals surface area contributed by atoms with Crippen LogP contribution in [0.5, 0.6) is 11.5 Å². The van der Waals surface area contributed by atoms with Crippen LogP contribution in [0.2, 0.25) is 0 Å². The minimum Gasteiger partial charge on any atom is -0.493 e. The lowest BCUT2D eigenvalue weighted by Crippen LogP contribution is -2.47. The number of methoxy groups -OCH3 is 1. The summed E-state index contributed by atoms with van der Waals surface area (Å²) in [7, 11) is 3.45. The summed E-state index contributed by atoms with van der Waals surface area (Å²) in [5.74, 6) is 2.27. The Morgan fingerprint density at radius 3 is 2.87 bits per heavy atom. The Bertz CT molecular complexity index is 828. The predicted molar refractivity (Wildman–Crippen MR) is 126 cm³/mol. The van der Waals surface area contributed by atoms with Crippen LogP contribution in [0.4, 0.5) is 0 Å². The predicted octanol–water partition coefficient (Wildman–Crippen LogP) is 3.28. The number of thiophene rings is 1. The molecular formula is C23H34N4O3S. The third-order valence-electron chi connectivity index (χ3n) is 5.26. The average molecular weight is 447 g/mol. The van der Waals surface area contributed by atoms with Crippen molar-refractivity contribution in [3.63, 3.8) is 0 Å². The largest absolute Gasteiger partial charge is 0.493 e. The Kier molecular flexibility index (Phi) is 8.99. The van der Waals surface area contributed by atoms with Crippen LogP contribution < -0.4 is 20.1 Å². The Morgan fingerprint density at radius 1 is 1.32 bits per heavy atom. The van der Waals surface area contributed by atoms with Crippen molar-refractivity contribution in [3.8, 4) is 11.5 Å². The fourth-order valence-corrected chi connectivity index (χ4v) is 4.58.